The molecule has 0 saturated heterocycles. The molecular formula is C24H21N3O2S2. The standard InChI is InChI=1S/C24H21N3O2S2/c1-17-9-11-19(12-10-17)31(28,29)27-21-16-24(22-8-5-15-30-22,18-6-3-2-4-7-18)14-13-20(21)23(25)26-27/h2-15H,16H2,1H3,(H2,25,26). The number of aryl methyl sites for hydroxylation is 1. The number of aromatic nitrogens is 2. The van der Waals surface area contributed by atoms with E-state index >= 15 is 0 Å². The predicted octanol–water partition coefficient (Wildman–Crippen LogP) is 4.63. The van der Waals surface area contributed by atoms with Crippen molar-refractivity contribution in [2.75, 3.05) is 5.73 Å². The molecule has 2 heterocycles. The monoisotopic (exact) mass is 447 g/mol. The van der Waals surface area contributed by atoms with E-state index in [0.717, 1.165) is 20.1 Å². The highest BCUT2D eigenvalue weighted by Crippen LogP contribution is 2.44. The highest BCUT2D eigenvalue weighted by molar-refractivity contribution is 7.89. The largest absolute Gasteiger partial charge is 0.382 e. The molecule has 2 aromatic carbocycles. The van der Waals surface area contributed by atoms with Crippen LogP contribution in [0.4, 0.5) is 5.82 Å². The van der Waals surface area contributed by atoms with Gasteiger partial charge in [-0.1, -0.05) is 66.2 Å². The maximum Gasteiger partial charge on any atom is 0.283 e. The minimum absolute atomic E-state index is 0.194. The maximum atomic E-state index is 13.5. The first-order valence-corrected chi connectivity index (χ1v) is 12.2. The molecule has 0 spiro atoms. The first-order chi connectivity index (χ1) is 14.9. The molecule has 2 N–H and O–H groups in total. The summed E-state index contributed by atoms with van der Waals surface area (Å²) in [6.07, 6.45) is 4.48. The number of benzene rings is 2. The summed E-state index contributed by atoms with van der Waals surface area (Å²) in [5.74, 6) is 0.217. The third-order valence-corrected chi connectivity index (χ3v) is 8.47. The fourth-order valence-corrected chi connectivity index (χ4v) is 6.40. The van der Waals surface area contributed by atoms with Crippen molar-refractivity contribution in [2.24, 2.45) is 0 Å². The molecule has 1 aliphatic carbocycles. The van der Waals surface area contributed by atoms with Crippen molar-refractivity contribution in [2.45, 2.75) is 23.7 Å². The van der Waals surface area contributed by atoms with Gasteiger partial charge in [0.2, 0.25) is 0 Å². The molecule has 4 aromatic rings. The zero-order valence-corrected chi connectivity index (χ0v) is 18.5. The van der Waals surface area contributed by atoms with E-state index in [9.17, 15) is 8.42 Å². The Morgan fingerprint density at radius 1 is 1.03 bits per heavy atom. The topological polar surface area (TPSA) is 78.0 Å². The first kappa shape index (κ1) is 19.8. The molecule has 31 heavy (non-hydrogen) atoms. The summed E-state index contributed by atoms with van der Waals surface area (Å²) in [5, 5.41) is 6.30. The lowest BCUT2D eigenvalue weighted by Gasteiger charge is -2.33. The van der Waals surface area contributed by atoms with Crippen LogP contribution in [0.15, 0.2) is 83.1 Å². The molecule has 5 nitrogen and oxygen atoms in total. The average molecular weight is 448 g/mol. The second kappa shape index (κ2) is 7.21. The molecule has 7 heteroatoms. The fraction of sp³-hybridized carbons (Fsp3) is 0.125. The number of thiophene rings is 1. The summed E-state index contributed by atoms with van der Waals surface area (Å²) >= 11 is 1.65. The van der Waals surface area contributed by atoms with Crippen molar-refractivity contribution in [1.29, 1.82) is 0 Å². The number of nitrogens with zero attached hydrogens (tertiary/aromatic N) is 2. The van der Waals surface area contributed by atoms with E-state index in [-0.39, 0.29) is 10.7 Å². The highest BCUT2D eigenvalue weighted by atomic mass is 32.2. The van der Waals surface area contributed by atoms with Gasteiger partial charge < -0.3 is 5.73 Å². The van der Waals surface area contributed by atoms with E-state index in [2.05, 4.69) is 29.4 Å². The number of allylic oxidation sites excluding steroid dienone is 1. The Morgan fingerprint density at radius 2 is 1.77 bits per heavy atom. The van der Waals surface area contributed by atoms with Crippen molar-refractivity contribution in [3.05, 3.63) is 105 Å². The molecule has 2 aromatic heterocycles. The van der Waals surface area contributed by atoms with Crippen molar-refractivity contribution in [1.82, 2.24) is 9.19 Å². The second-order valence-electron chi connectivity index (χ2n) is 7.73. The second-order valence-corrected chi connectivity index (χ2v) is 10.4. The Morgan fingerprint density at radius 3 is 2.45 bits per heavy atom. The van der Waals surface area contributed by atoms with Crippen LogP contribution in [0, 0.1) is 6.92 Å². The zero-order chi connectivity index (χ0) is 21.6. The number of fused-ring (bicyclic) bond motifs is 1. The van der Waals surface area contributed by atoms with Gasteiger partial charge >= 0.3 is 0 Å². The number of nitrogens with two attached hydrogens (primary N) is 1. The van der Waals surface area contributed by atoms with Gasteiger partial charge in [0.15, 0.2) is 5.82 Å². The quantitative estimate of drug-likeness (QED) is 0.495. The average Bonchev–Trinajstić information content (AvgIpc) is 3.43. The number of hydrogen-bond donors (Lipinski definition) is 1. The Kier molecular flexibility index (Phi) is 4.60. The first-order valence-electron chi connectivity index (χ1n) is 9.90. The van der Waals surface area contributed by atoms with Crippen LogP contribution in [0.25, 0.3) is 6.08 Å². The van der Waals surface area contributed by atoms with Gasteiger partial charge in [-0.15, -0.1) is 16.4 Å². The van der Waals surface area contributed by atoms with Crippen LogP contribution in [0.3, 0.4) is 0 Å². The Balaban J connectivity index is 1.70. The summed E-state index contributed by atoms with van der Waals surface area (Å²) in [6, 6.07) is 21.0. The molecule has 0 saturated carbocycles. The minimum Gasteiger partial charge on any atom is -0.382 e. The van der Waals surface area contributed by atoms with Gasteiger partial charge in [-0.25, -0.2) is 0 Å². The van der Waals surface area contributed by atoms with Crippen molar-refractivity contribution in [3.8, 4) is 0 Å². The van der Waals surface area contributed by atoms with E-state index in [1.165, 1.54) is 0 Å². The van der Waals surface area contributed by atoms with E-state index in [0.29, 0.717) is 17.7 Å². The maximum absolute atomic E-state index is 13.5. The SMILES string of the molecule is Cc1ccc(S(=O)(=O)n2nc(N)c3c2CC(c2ccccc2)(c2cccs2)C=C3)cc1. The lowest BCUT2D eigenvalue weighted by molar-refractivity contribution is 0.567. The lowest BCUT2D eigenvalue weighted by Crippen LogP contribution is -2.32. The summed E-state index contributed by atoms with van der Waals surface area (Å²) in [4.78, 5) is 1.33. The van der Waals surface area contributed by atoms with Gasteiger partial charge in [-0.05, 0) is 36.1 Å². The molecule has 5 rings (SSSR count). The van der Waals surface area contributed by atoms with E-state index < -0.39 is 15.4 Å². The fourth-order valence-electron chi connectivity index (χ4n) is 4.14. The van der Waals surface area contributed by atoms with Crippen LogP contribution in [0.1, 0.15) is 27.3 Å². The van der Waals surface area contributed by atoms with Crippen LogP contribution >= 0.6 is 11.3 Å². The van der Waals surface area contributed by atoms with Gasteiger partial charge in [-0.2, -0.15) is 12.5 Å². The number of nitrogen functional groups attached to an aromatic ring is 1. The lowest BCUT2D eigenvalue weighted by atomic mass is 9.72. The van der Waals surface area contributed by atoms with Gasteiger partial charge in [0, 0.05) is 16.9 Å². The molecule has 1 aliphatic rings. The van der Waals surface area contributed by atoms with Gasteiger partial charge in [0.25, 0.3) is 10.0 Å². The molecule has 0 amide bonds. The summed E-state index contributed by atoms with van der Waals surface area (Å²) in [7, 11) is -3.88. The van der Waals surface area contributed by atoms with Crippen LogP contribution in [-0.2, 0) is 21.9 Å². The highest BCUT2D eigenvalue weighted by Gasteiger charge is 2.40. The van der Waals surface area contributed by atoms with Crippen LogP contribution < -0.4 is 5.73 Å². The van der Waals surface area contributed by atoms with Gasteiger partial charge in [-0.3, -0.25) is 0 Å². The summed E-state index contributed by atoms with van der Waals surface area (Å²) in [5.41, 5.74) is 9.02. The van der Waals surface area contributed by atoms with E-state index in [4.69, 9.17) is 5.73 Å². The molecule has 0 aliphatic heterocycles. The summed E-state index contributed by atoms with van der Waals surface area (Å²) < 4.78 is 28.1. The van der Waals surface area contributed by atoms with Crippen LogP contribution in [-0.4, -0.2) is 17.6 Å². The third-order valence-electron chi connectivity index (χ3n) is 5.79. The predicted molar refractivity (Wildman–Crippen MR) is 125 cm³/mol. The van der Waals surface area contributed by atoms with Gasteiger partial charge in [0.05, 0.1) is 16.0 Å². The normalized spacial score (nSPS) is 18.1. The number of hydrogen-bond acceptors (Lipinski definition) is 5. The Bertz CT molecular complexity index is 1370. The van der Waals surface area contributed by atoms with E-state index in [1.807, 2.05) is 42.6 Å². The molecule has 0 radical (unpaired) electrons. The zero-order valence-electron chi connectivity index (χ0n) is 16.9. The Labute approximate surface area is 185 Å². The minimum atomic E-state index is -3.88. The van der Waals surface area contributed by atoms with Crippen molar-refractivity contribution < 1.29 is 8.42 Å². The molecule has 156 valence electrons. The van der Waals surface area contributed by atoms with Crippen LogP contribution in [0.2, 0.25) is 0 Å². The smallest absolute Gasteiger partial charge is 0.283 e. The van der Waals surface area contributed by atoms with E-state index in [1.54, 1.807) is 35.6 Å². The molecule has 0 bridgehead atoms. The summed E-state index contributed by atoms with van der Waals surface area (Å²) in [6.45, 7) is 1.92. The van der Waals surface area contributed by atoms with Gasteiger partial charge in [0.1, 0.15) is 0 Å². The molecule has 1 unspecified atom stereocenters. The molecular weight excluding hydrogens is 426 g/mol. The van der Waals surface area contributed by atoms with Crippen molar-refractivity contribution >= 4 is 33.3 Å². The van der Waals surface area contributed by atoms with Crippen LogP contribution in [0.5, 0.6) is 0 Å². The molecule has 0 fully saturated rings. The third kappa shape index (κ3) is 3.12. The van der Waals surface area contributed by atoms with Crippen molar-refractivity contribution in [3.63, 3.8) is 0 Å². The number of rotatable bonds is 4. The molecule has 1 atom stereocenters. The number of anilines is 1. The Hall–Kier alpha value is -3.16.